The molecular weight excluding hydrogens is 320 g/mol. The number of likely N-dealkylation sites (N-methyl/N-ethyl adjacent to an activating group) is 1. The number of hydrogen-bond donors (Lipinski definition) is 1. The molecule has 0 aromatic carbocycles. The first-order valence-electron chi connectivity index (χ1n) is 7.82. The van der Waals surface area contributed by atoms with Crippen LogP contribution in [0.25, 0.3) is 10.2 Å². The number of pyridine rings is 1. The maximum absolute atomic E-state index is 11.5. The Hall–Kier alpha value is -2.47. The number of carbonyl (C=O) groups is 1. The van der Waals surface area contributed by atoms with E-state index < -0.39 is 0 Å². The molecule has 0 aliphatic carbocycles. The minimum atomic E-state index is 0.584. The number of hydrogen-bond acceptors (Lipinski definition) is 5. The average Bonchev–Trinajstić information content (AvgIpc) is 2.96. The Kier molecular flexibility index (Phi) is 6.26. The van der Waals surface area contributed by atoms with Crippen molar-refractivity contribution in [3.8, 4) is 0 Å². The van der Waals surface area contributed by atoms with Crippen molar-refractivity contribution in [3.05, 3.63) is 41.1 Å². The summed E-state index contributed by atoms with van der Waals surface area (Å²) >= 11 is 1.36. The number of aldehydes is 1. The van der Waals surface area contributed by atoms with E-state index in [1.807, 2.05) is 57.0 Å². The first kappa shape index (κ1) is 17.9. The second kappa shape index (κ2) is 8.40. The summed E-state index contributed by atoms with van der Waals surface area (Å²) in [7, 11) is 1.93. The van der Waals surface area contributed by atoms with E-state index in [-0.39, 0.29) is 0 Å². The molecule has 2 aromatic heterocycles. The molecule has 0 spiro atoms. The Labute approximate surface area is 146 Å². The topological polar surface area (TPSA) is 57.6 Å². The lowest BCUT2D eigenvalue weighted by Crippen LogP contribution is -2.13. The lowest BCUT2D eigenvalue weighted by atomic mass is 10.2. The normalized spacial score (nSPS) is 12.4. The van der Waals surface area contributed by atoms with Crippen LogP contribution in [0, 0.1) is 0 Å². The zero-order valence-corrected chi connectivity index (χ0v) is 15.2. The van der Waals surface area contributed by atoms with Crippen molar-refractivity contribution in [3.63, 3.8) is 0 Å². The third-order valence-corrected chi connectivity index (χ3v) is 4.48. The van der Waals surface area contributed by atoms with Crippen molar-refractivity contribution in [1.29, 1.82) is 0 Å². The van der Waals surface area contributed by atoms with Crippen LogP contribution < -0.4 is 5.32 Å². The Balaban J connectivity index is 2.50. The van der Waals surface area contributed by atoms with Gasteiger partial charge in [0.15, 0.2) is 6.29 Å². The molecule has 2 rings (SSSR count). The number of aromatic nitrogens is 1. The van der Waals surface area contributed by atoms with Gasteiger partial charge in [0.1, 0.15) is 4.83 Å². The van der Waals surface area contributed by atoms with Crippen molar-refractivity contribution in [2.75, 3.05) is 18.9 Å². The van der Waals surface area contributed by atoms with Crippen molar-refractivity contribution >= 4 is 45.6 Å². The molecule has 126 valence electrons. The Bertz CT molecular complexity index is 805. The van der Waals surface area contributed by atoms with Crippen molar-refractivity contribution in [2.45, 2.75) is 20.8 Å². The zero-order valence-electron chi connectivity index (χ0n) is 14.4. The summed E-state index contributed by atoms with van der Waals surface area (Å²) in [5.74, 6) is 0. The molecule has 6 heteroatoms. The zero-order chi connectivity index (χ0) is 17.5. The van der Waals surface area contributed by atoms with Gasteiger partial charge in [0, 0.05) is 31.2 Å². The number of fused-ring (bicyclic) bond motifs is 1. The Morgan fingerprint density at radius 3 is 2.88 bits per heavy atom. The molecular formula is C18H22N4OS. The summed E-state index contributed by atoms with van der Waals surface area (Å²) < 4.78 is 0. The maximum atomic E-state index is 11.5. The fraction of sp³-hybridized carbons (Fsp3) is 0.278. The Morgan fingerprint density at radius 1 is 1.46 bits per heavy atom. The SMILES string of the molecule is C/C=C\C(=C/C)N(C)C=Nc1c(C=O)sc2nccc(NCC)c12. The molecule has 0 aliphatic rings. The van der Waals surface area contributed by atoms with E-state index in [9.17, 15) is 4.79 Å². The van der Waals surface area contributed by atoms with Gasteiger partial charge < -0.3 is 10.2 Å². The number of carbonyl (C=O) groups excluding carboxylic acids is 1. The predicted octanol–water partition coefficient (Wildman–Crippen LogP) is 4.61. The van der Waals surface area contributed by atoms with E-state index in [4.69, 9.17) is 0 Å². The highest BCUT2D eigenvalue weighted by atomic mass is 32.1. The molecule has 0 amide bonds. The molecule has 0 fully saturated rings. The molecule has 2 aromatic rings. The summed E-state index contributed by atoms with van der Waals surface area (Å²) in [6.45, 7) is 6.77. The van der Waals surface area contributed by atoms with Crippen molar-refractivity contribution < 1.29 is 4.79 Å². The van der Waals surface area contributed by atoms with Crippen LogP contribution in [-0.4, -0.2) is 36.1 Å². The molecule has 2 heterocycles. The number of allylic oxidation sites excluding steroid dienone is 3. The number of rotatable bonds is 7. The van der Waals surface area contributed by atoms with Gasteiger partial charge in [-0.05, 0) is 32.9 Å². The number of anilines is 1. The maximum Gasteiger partial charge on any atom is 0.162 e. The van der Waals surface area contributed by atoms with Crippen LogP contribution in [0.2, 0.25) is 0 Å². The smallest absolute Gasteiger partial charge is 0.162 e. The summed E-state index contributed by atoms with van der Waals surface area (Å²) in [6.07, 6.45) is 10.3. The highest BCUT2D eigenvalue weighted by Crippen LogP contribution is 2.40. The second-order valence-corrected chi connectivity index (χ2v) is 6.10. The monoisotopic (exact) mass is 342 g/mol. The third-order valence-electron chi connectivity index (χ3n) is 3.47. The molecule has 0 aliphatic heterocycles. The van der Waals surface area contributed by atoms with E-state index in [0.29, 0.717) is 10.6 Å². The van der Waals surface area contributed by atoms with Crippen LogP contribution in [0.5, 0.6) is 0 Å². The van der Waals surface area contributed by atoms with Gasteiger partial charge in [-0.25, -0.2) is 9.98 Å². The summed E-state index contributed by atoms with van der Waals surface area (Å²) in [4.78, 5) is 23.7. The van der Waals surface area contributed by atoms with Crippen LogP contribution >= 0.6 is 11.3 Å². The molecule has 0 bridgehead atoms. The Morgan fingerprint density at radius 2 is 2.25 bits per heavy atom. The van der Waals surface area contributed by atoms with Gasteiger partial charge in [-0.3, -0.25) is 4.79 Å². The second-order valence-electron chi connectivity index (χ2n) is 5.07. The fourth-order valence-corrected chi connectivity index (χ4v) is 3.30. The van der Waals surface area contributed by atoms with E-state index in [2.05, 4.69) is 15.3 Å². The predicted molar refractivity (Wildman–Crippen MR) is 104 cm³/mol. The summed E-state index contributed by atoms with van der Waals surface area (Å²) in [6, 6.07) is 1.91. The number of thiophene rings is 1. The highest BCUT2D eigenvalue weighted by molar-refractivity contribution is 7.21. The molecule has 0 saturated heterocycles. The van der Waals surface area contributed by atoms with Crippen LogP contribution in [0.15, 0.2) is 41.2 Å². The lowest BCUT2D eigenvalue weighted by Gasteiger charge is -2.14. The van der Waals surface area contributed by atoms with Gasteiger partial charge in [0.25, 0.3) is 0 Å². The molecule has 0 radical (unpaired) electrons. The summed E-state index contributed by atoms with van der Waals surface area (Å²) in [5, 5.41) is 4.20. The van der Waals surface area contributed by atoms with Gasteiger partial charge in [-0.15, -0.1) is 11.3 Å². The summed E-state index contributed by atoms with van der Waals surface area (Å²) in [5.41, 5.74) is 2.64. The van der Waals surface area contributed by atoms with E-state index in [0.717, 1.165) is 34.4 Å². The minimum Gasteiger partial charge on any atom is -0.385 e. The molecule has 1 N–H and O–H groups in total. The number of nitrogens with one attached hydrogen (secondary N) is 1. The largest absolute Gasteiger partial charge is 0.385 e. The van der Waals surface area contributed by atoms with Gasteiger partial charge in [0.05, 0.1) is 22.3 Å². The van der Waals surface area contributed by atoms with Crippen LogP contribution in [0.1, 0.15) is 30.4 Å². The van der Waals surface area contributed by atoms with E-state index >= 15 is 0 Å². The van der Waals surface area contributed by atoms with Crippen LogP contribution in [0.3, 0.4) is 0 Å². The van der Waals surface area contributed by atoms with Crippen LogP contribution in [0.4, 0.5) is 11.4 Å². The van der Waals surface area contributed by atoms with Gasteiger partial charge in [-0.2, -0.15) is 0 Å². The first-order chi connectivity index (χ1) is 11.7. The van der Waals surface area contributed by atoms with Crippen LogP contribution in [-0.2, 0) is 0 Å². The average molecular weight is 342 g/mol. The van der Waals surface area contributed by atoms with Gasteiger partial charge in [0.2, 0.25) is 0 Å². The van der Waals surface area contributed by atoms with Gasteiger partial charge in [-0.1, -0.05) is 12.2 Å². The molecule has 0 atom stereocenters. The molecule has 0 saturated carbocycles. The fourth-order valence-electron chi connectivity index (χ4n) is 2.37. The quantitative estimate of drug-likeness (QED) is 0.345. The van der Waals surface area contributed by atoms with Gasteiger partial charge >= 0.3 is 0 Å². The number of aliphatic imine (C=N–C) groups is 1. The molecule has 24 heavy (non-hydrogen) atoms. The lowest BCUT2D eigenvalue weighted by molar-refractivity contribution is 0.112. The third kappa shape index (κ3) is 3.71. The molecule has 0 unspecified atom stereocenters. The standard InChI is InChI=1S/C18H22N4OS/c1-5-8-13(6-2)22(4)12-21-17-15(11-23)24-18-16(17)14(19-7-3)9-10-20-18/h5-6,8-12H,7H2,1-4H3,(H,19,20)/b8-5-,13-6+,21-12?. The number of nitrogens with zero attached hydrogens (tertiary/aromatic N) is 3. The minimum absolute atomic E-state index is 0.584. The van der Waals surface area contributed by atoms with E-state index in [1.54, 1.807) is 12.5 Å². The first-order valence-corrected chi connectivity index (χ1v) is 8.64. The van der Waals surface area contributed by atoms with Crippen molar-refractivity contribution in [2.24, 2.45) is 4.99 Å². The van der Waals surface area contributed by atoms with E-state index in [1.165, 1.54) is 11.3 Å². The molecule has 5 nitrogen and oxygen atoms in total. The highest BCUT2D eigenvalue weighted by Gasteiger charge is 2.15. The van der Waals surface area contributed by atoms with Crippen molar-refractivity contribution in [1.82, 2.24) is 9.88 Å².